The molecule has 0 fully saturated rings. The second-order valence-electron chi connectivity index (χ2n) is 5.88. The van der Waals surface area contributed by atoms with Gasteiger partial charge in [0.1, 0.15) is 18.7 Å². The Kier molecular flexibility index (Phi) is 3.21. The standard InChI is InChI=1S/C20H16N3O/c1-23-11-5-8-14-9-10-15-17(13-6-3-2-4-7-13)16(12-21)20(22)24-19(15)18(14)23/h2-11,17H,22H2,1H3/q+1/t17-/m0/s1. The van der Waals surface area contributed by atoms with Crippen molar-refractivity contribution in [3.05, 3.63) is 83.4 Å². The molecule has 2 aromatic carbocycles. The SMILES string of the molecule is C[n+]1cccc2ccc3c(c21)OC(N)=C(C#N)[C@H]3c1ccccc1. The second-order valence-corrected chi connectivity index (χ2v) is 5.88. The minimum absolute atomic E-state index is 0.176. The molecule has 1 aliphatic heterocycles. The zero-order valence-electron chi connectivity index (χ0n) is 13.2. The third kappa shape index (κ3) is 2.03. The predicted octanol–water partition coefficient (Wildman–Crippen LogP) is 2.88. The third-order valence-corrected chi connectivity index (χ3v) is 4.46. The molecular weight excluding hydrogens is 298 g/mol. The highest BCUT2D eigenvalue weighted by molar-refractivity contribution is 5.84. The van der Waals surface area contributed by atoms with Crippen molar-refractivity contribution in [2.75, 3.05) is 0 Å². The van der Waals surface area contributed by atoms with Crippen LogP contribution in [0.3, 0.4) is 0 Å². The van der Waals surface area contributed by atoms with E-state index in [-0.39, 0.29) is 11.8 Å². The number of nitriles is 1. The summed E-state index contributed by atoms with van der Waals surface area (Å²) in [5.74, 6) is 0.681. The summed E-state index contributed by atoms with van der Waals surface area (Å²) in [6.45, 7) is 0. The summed E-state index contributed by atoms with van der Waals surface area (Å²) in [7, 11) is 1.98. The number of benzene rings is 2. The van der Waals surface area contributed by atoms with Gasteiger partial charge >= 0.3 is 0 Å². The van der Waals surface area contributed by atoms with Crippen LogP contribution in [0.25, 0.3) is 10.9 Å². The minimum atomic E-state index is -0.218. The number of allylic oxidation sites excluding steroid dienone is 1. The Bertz CT molecular complexity index is 1020. The molecule has 0 saturated heterocycles. The Labute approximate surface area is 140 Å². The van der Waals surface area contributed by atoms with Crippen LogP contribution in [-0.2, 0) is 7.05 Å². The third-order valence-electron chi connectivity index (χ3n) is 4.46. The van der Waals surface area contributed by atoms with Gasteiger partial charge in [0, 0.05) is 11.6 Å². The first kappa shape index (κ1) is 14.3. The zero-order valence-corrected chi connectivity index (χ0v) is 13.2. The molecule has 0 spiro atoms. The minimum Gasteiger partial charge on any atom is -0.433 e. The molecule has 3 aromatic rings. The van der Waals surface area contributed by atoms with Crippen LogP contribution in [0.4, 0.5) is 0 Å². The summed E-state index contributed by atoms with van der Waals surface area (Å²) >= 11 is 0. The average molecular weight is 314 g/mol. The number of ether oxygens (including phenoxy) is 1. The van der Waals surface area contributed by atoms with Crippen molar-refractivity contribution in [2.45, 2.75) is 5.92 Å². The molecule has 1 aliphatic rings. The molecule has 1 aromatic heterocycles. The van der Waals surface area contributed by atoms with Gasteiger partial charge in [-0.2, -0.15) is 9.83 Å². The topological polar surface area (TPSA) is 62.9 Å². The first-order valence-electron chi connectivity index (χ1n) is 7.74. The number of aryl methyl sites for hydroxylation is 1. The molecule has 1 atom stereocenters. The maximum atomic E-state index is 9.61. The summed E-state index contributed by atoms with van der Waals surface area (Å²) in [4.78, 5) is 0. The Balaban J connectivity index is 2.06. The smallest absolute Gasteiger partial charge is 0.255 e. The zero-order chi connectivity index (χ0) is 16.7. The van der Waals surface area contributed by atoms with E-state index in [1.807, 2.05) is 66.3 Å². The van der Waals surface area contributed by atoms with Gasteiger partial charge < -0.3 is 10.5 Å². The molecular formula is C20H16N3O+. The van der Waals surface area contributed by atoms with Gasteiger partial charge in [0.15, 0.2) is 6.20 Å². The number of hydrogen-bond acceptors (Lipinski definition) is 3. The first-order valence-corrected chi connectivity index (χ1v) is 7.74. The van der Waals surface area contributed by atoms with E-state index in [1.54, 1.807) is 0 Å². The number of nitrogens with two attached hydrogens (primary N) is 1. The highest BCUT2D eigenvalue weighted by Crippen LogP contribution is 2.44. The van der Waals surface area contributed by atoms with Gasteiger partial charge in [-0.05, 0) is 17.7 Å². The maximum Gasteiger partial charge on any atom is 0.255 e. The van der Waals surface area contributed by atoms with Crippen LogP contribution in [0.1, 0.15) is 17.0 Å². The fourth-order valence-corrected chi connectivity index (χ4v) is 3.36. The van der Waals surface area contributed by atoms with Gasteiger partial charge in [0.25, 0.3) is 5.52 Å². The van der Waals surface area contributed by atoms with E-state index in [4.69, 9.17) is 10.5 Å². The maximum absolute atomic E-state index is 9.61. The number of pyridine rings is 1. The largest absolute Gasteiger partial charge is 0.433 e. The number of nitrogens with zero attached hydrogens (tertiary/aromatic N) is 2. The molecule has 116 valence electrons. The molecule has 0 radical (unpaired) electrons. The van der Waals surface area contributed by atoms with E-state index >= 15 is 0 Å². The Morgan fingerprint density at radius 1 is 1.08 bits per heavy atom. The highest BCUT2D eigenvalue weighted by atomic mass is 16.5. The number of hydrogen-bond donors (Lipinski definition) is 1. The van der Waals surface area contributed by atoms with E-state index in [2.05, 4.69) is 12.1 Å². The first-order chi connectivity index (χ1) is 11.7. The van der Waals surface area contributed by atoms with Gasteiger partial charge in [0.05, 0.1) is 11.3 Å². The molecule has 2 N–H and O–H groups in total. The summed E-state index contributed by atoms with van der Waals surface area (Å²) in [5, 5.41) is 10.7. The van der Waals surface area contributed by atoms with Crippen LogP contribution >= 0.6 is 0 Å². The summed E-state index contributed by atoms with van der Waals surface area (Å²) in [6.07, 6.45) is 1.98. The lowest BCUT2D eigenvalue weighted by molar-refractivity contribution is -0.645. The van der Waals surface area contributed by atoms with E-state index in [0.29, 0.717) is 5.57 Å². The molecule has 24 heavy (non-hydrogen) atoms. The van der Waals surface area contributed by atoms with E-state index in [1.165, 1.54) is 0 Å². The van der Waals surface area contributed by atoms with Crippen LogP contribution in [-0.4, -0.2) is 0 Å². The molecule has 4 rings (SSSR count). The van der Waals surface area contributed by atoms with Crippen molar-refractivity contribution in [3.63, 3.8) is 0 Å². The summed E-state index contributed by atoms with van der Waals surface area (Å²) < 4.78 is 7.91. The van der Waals surface area contributed by atoms with Crippen LogP contribution in [0.2, 0.25) is 0 Å². The highest BCUT2D eigenvalue weighted by Gasteiger charge is 2.33. The molecule has 0 bridgehead atoms. The Hall–Kier alpha value is -3.32. The van der Waals surface area contributed by atoms with E-state index < -0.39 is 0 Å². The van der Waals surface area contributed by atoms with E-state index in [0.717, 1.165) is 27.8 Å². The lowest BCUT2D eigenvalue weighted by atomic mass is 9.83. The van der Waals surface area contributed by atoms with Crippen molar-refractivity contribution in [2.24, 2.45) is 12.8 Å². The second kappa shape index (κ2) is 5.39. The lowest BCUT2D eigenvalue weighted by Gasteiger charge is -2.26. The number of rotatable bonds is 1. The van der Waals surface area contributed by atoms with Gasteiger partial charge in [-0.25, -0.2) is 0 Å². The molecule has 0 saturated carbocycles. The van der Waals surface area contributed by atoms with E-state index in [9.17, 15) is 5.26 Å². The van der Waals surface area contributed by atoms with Crippen molar-refractivity contribution < 1.29 is 9.30 Å². The Morgan fingerprint density at radius 3 is 2.62 bits per heavy atom. The fourth-order valence-electron chi connectivity index (χ4n) is 3.36. The quantitative estimate of drug-likeness (QED) is 0.703. The molecule has 4 heteroatoms. The summed E-state index contributed by atoms with van der Waals surface area (Å²) in [5.41, 5.74) is 9.50. The van der Waals surface area contributed by atoms with Crippen molar-refractivity contribution in [3.8, 4) is 11.8 Å². The van der Waals surface area contributed by atoms with Crippen molar-refractivity contribution >= 4 is 10.9 Å². The molecule has 4 nitrogen and oxygen atoms in total. The Morgan fingerprint density at radius 2 is 1.88 bits per heavy atom. The van der Waals surface area contributed by atoms with Crippen LogP contribution in [0, 0.1) is 11.3 Å². The molecule has 2 heterocycles. The monoisotopic (exact) mass is 314 g/mol. The van der Waals surface area contributed by atoms with Gasteiger partial charge in [0.2, 0.25) is 11.6 Å². The van der Waals surface area contributed by atoms with Crippen LogP contribution in [0.5, 0.6) is 5.75 Å². The van der Waals surface area contributed by atoms with Crippen LogP contribution in [0.15, 0.2) is 72.3 Å². The number of aromatic nitrogens is 1. The van der Waals surface area contributed by atoms with Crippen LogP contribution < -0.4 is 15.0 Å². The molecule has 0 amide bonds. The fraction of sp³-hybridized carbons (Fsp3) is 0.100. The van der Waals surface area contributed by atoms with Gasteiger partial charge in [-0.3, -0.25) is 0 Å². The lowest BCUT2D eigenvalue weighted by Crippen LogP contribution is -2.30. The summed E-state index contributed by atoms with van der Waals surface area (Å²) in [6, 6.07) is 20.3. The normalized spacial score (nSPS) is 16.4. The van der Waals surface area contributed by atoms with Gasteiger partial charge in [-0.1, -0.05) is 36.4 Å². The molecule has 0 aliphatic carbocycles. The van der Waals surface area contributed by atoms with Crippen molar-refractivity contribution in [1.29, 1.82) is 5.26 Å². The predicted molar refractivity (Wildman–Crippen MR) is 90.9 cm³/mol. The van der Waals surface area contributed by atoms with Gasteiger partial charge in [-0.15, -0.1) is 0 Å². The molecule has 0 unspecified atom stereocenters. The van der Waals surface area contributed by atoms with Crippen molar-refractivity contribution in [1.82, 2.24) is 0 Å². The average Bonchev–Trinajstić information content (AvgIpc) is 2.61. The number of fused-ring (bicyclic) bond motifs is 3.